The van der Waals surface area contributed by atoms with Gasteiger partial charge >= 0.3 is 0 Å². The first kappa shape index (κ1) is 11.9. The van der Waals surface area contributed by atoms with Crippen molar-refractivity contribution in [1.29, 1.82) is 0 Å². The van der Waals surface area contributed by atoms with Gasteiger partial charge in [0.05, 0.1) is 6.61 Å². The van der Waals surface area contributed by atoms with Crippen molar-refractivity contribution < 1.29 is 5.11 Å². The number of fused-ring (bicyclic) bond motifs is 6. The van der Waals surface area contributed by atoms with E-state index < -0.39 is 0 Å². The van der Waals surface area contributed by atoms with Crippen LogP contribution in [-0.4, -0.2) is 23.2 Å². The number of rotatable bonds is 2. The number of hydrogen-bond donors (Lipinski definition) is 1. The van der Waals surface area contributed by atoms with E-state index in [9.17, 15) is 5.11 Å². The van der Waals surface area contributed by atoms with Gasteiger partial charge in [0.15, 0.2) is 0 Å². The van der Waals surface area contributed by atoms with Gasteiger partial charge in [-0.2, -0.15) is 0 Å². The van der Waals surface area contributed by atoms with E-state index in [0.717, 1.165) is 19.6 Å². The second-order valence-corrected chi connectivity index (χ2v) is 5.48. The lowest BCUT2D eigenvalue weighted by molar-refractivity contribution is 0.198. The third-order valence-electron chi connectivity index (χ3n) is 4.34. The Morgan fingerprint density at radius 1 is 0.750 bits per heavy atom. The first-order chi connectivity index (χ1) is 9.88. The zero-order chi connectivity index (χ0) is 13.5. The molecule has 0 unspecified atom stereocenters. The molecular formula is C18H17NO. The average Bonchev–Trinajstić information content (AvgIpc) is 2.92. The number of nitrogens with zero attached hydrogens (tertiary/aromatic N) is 1. The van der Waals surface area contributed by atoms with E-state index in [1.807, 2.05) is 0 Å². The van der Waals surface area contributed by atoms with Gasteiger partial charge in [-0.25, -0.2) is 0 Å². The molecule has 1 heterocycles. The molecular weight excluding hydrogens is 246 g/mol. The van der Waals surface area contributed by atoms with Crippen molar-refractivity contribution in [2.24, 2.45) is 0 Å². The van der Waals surface area contributed by atoms with Gasteiger partial charge in [-0.15, -0.1) is 0 Å². The normalized spacial score (nSPS) is 15.1. The highest BCUT2D eigenvalue weighted by atomic mass is 16.3. The molecule has 1 aliphatic rings. The number of β-amino-alcohol motifs (C(OH)–C–C–N with tert-alkyl or cyclic N) is 1. The zero-order valence-corrected chi connectivity index (χ0v) is 11.3. The van der Waals surface area contributed by atoms with Crippen molar-refractivity contribution in [2.45, 2.75) is 13.1 Å². The molecule has 1 N–H and O–H groups in total. The SMILES string of the molecule is OCCN1Cc2c(c3ccccc3c3ccccc23)C1. The molecule has 2 nitrogen and oxygen atoms in total. The van der Waals surface area contributed by atoms with Gasteiger partial charge in [0.25, 0.3) is 0 Å². The molecule has 0 spiro atoms. The fourth-order valence-corrected chi connectivity index (χ4v) is 3.45. The molecule has 0 atom stereocenters. The van der Waals surface area contributed by atoms with E-state index >= 15 is 0 Å². The monoisotopic (exact) mass is 263 g/mol. The van der Waals surface area contributed by atoms with Gasteiger partial charge in [-0.1, -0.05) is 48.5 Å². The van der Waals surface area contributed by atoms with Crippen LogP contribution in [0.4, 0.5) is 0 Å². The fourth-order valence-electron chi connectivity index (χ4n) is 3.45. The third kappa shape index (κ3) is 1.65. The molecule has 4 rings (SSSR count). The molecule has 0 aliphatic carbocycles. The summed E-state index contributed by atoms with van der Waals surface area (Å²) in [5, 5.41) is 14.6. The summed E-state index contributed by atoms with van der Waals surface area (Å²) in [4.78, 5) is 2.32. The van der Waals surface area contributed by atoms with Crippen LogP contribution in [-0.2, 0) is 13.1 Å². The third-order valence-corrected chi connectivity index (χ3v) is 4.34. The van der Waals surface area contributed by atoms with Gasteiger partial charge in [-0.3, -0.25) is 4.90 Å². The van der Waals surface area contributed by atoms with Gasteiger partial charge in [-0.05, 0) is 32.7 Å². The van der Waals surface area contributed by atoms with Crippen LogP contribution in [0, 0.1) is 0 Å². The maximum Gasteiger partial charge on any atom is 0.0558 e. The summed E-state index contributed by atoms with van der Waals surface area (Å²) >= 11 is 0. The molecule has 0 aromatic heterocycles. The topological polar surface area (TPSA) is 23.5 Å². The van der Waals surface area contributed by atoms with Gasteiger partial charge < -0.3 is 5.11 Å². The van der Waals surface area contributed by atoms with Crippen LogP contribution in [0.25, 0.3) is 21.5 Å². The molecule has 3 aromatic carbocycles. The van der Waals surface area contributed by atoms with Crippen molar-refractivity contribution >= 4 is 21.5 Å². The summed E-state index contributed by atoms with van der Waals surface area (Å²) in [5.74, 6) is 0. The van der Waals surface area contributed by atoms with E-state index in [4.69, 9.17) is 0 Å². The van der Waals surface area contributed by atoms with Gasteiger partial charge in [0.2, 0.25) is 0 Å². The summed E-state index contributed by atoms with van der Waals surface area (Å²) in [6.07, 6.45) is 0. The van der Waals surface area contributed by atoms with Crippen LogP contribution < -0.4 is 0 Å². The molecule has 3 aromatic rings. The van der Waals surface area contributed by atoms with Crippen LogP contribution in [0.1, 0.15) is 11.1 Å². The summed E-state index contributed by atoms with van der Waals surface area (Å²) < 4.78 is 0. The predicted octanol–water partition coefficient (Wildman–Crippen LogP) is 3.30. The van der Waals surface area contributed by atoms with Crippen molar-refractivity contribution in [3.63, 3.8) is 0 Å². The molecule has 0 amide bonds. The smallest absolute Gasteiger partial charge is 0.0558 e. The minimum Gasteiger partial charge on any atom is -0.395 e. The Kier molecular flexibility index (Phi) is 2.72. The molecule has 0 saturated heterocycles. The Morgan fingerprint density at radius 2 is 1.20 bits per heavy atom. The Labute approximate surface area is 118 Å². The lowest BCUT2D eigenvalue weighted by Crippen LogP contribution is -2.20. The Balaban J connectivity index is 2.06. The molecule has 0 saturated carbocycles. The standard InChI is InChI=1S/C18H17NO/c20-10-9-19-11-17-15-7-3-1-5-13(15)14-6-2-4-8-16(14)18(17)12-19/h1-8,20H,9-12H2. The van der Waals surface area contributed by atoms with Crippen LogP contribution in [0.15, 0.2) is 48.5 Å². The Morgan fingerprint density at radius 3 is 1.65 bits per heavy atom. The first-order valence-electron chi connectivity index (χ1n) is 7.13. The Hall–Kier alpha value is -1.90. The highest BCUT2D eigenvalue weighted by Gasteiger charge is 2.23. The second-order valence-electron chi connectivity index (χ2n) is 5.48. The van der Waals surface area contributed by atoms with E-state index in [2.05, 4.69) is 53.4 Å². The molecule has 20 heavy (non-hydrogen) atoms. The molecule has 0 radical (unpaired) electrons. The summed E-state index contributed by atoms with van der Waals surface area (Å²) in [6.45, 7) is 2.86. The Bertz CT molecular complexity index is 729. The van der Waals surface area contributed by atoms with Crippen molar-refractivity contribution in [3.05, 3.63) is 59.7 Å². The summed E-state index contributed by atoms with van der Waals surface area (Å²) in [7, 11) is 0. The number of aliphatic hydroxyl groups is 1. The maximum absolute atomic E-state index is 9.19. The minimum atomic E-state index is 0.226. The summed E-state index contributed by atoms with van der Waals surface area (Å²) in [5.41, 5.74) is 2.88. The highest BCUT2D eigenvalue weighted by molar-refractivity contribution is 6.10. The van der Waals surface area contributed by atoms with Crippen LogP contribution in [0.2, 0.25) is 0 Å². The predicted molar refractivity (Wildman–Crippen MR) is 82.7 cm³/mol. The summed E-state index contributed by atoms with van der Waals surface area (Å²) in [6, 6.07) is 17.3. The lowest BCUT2D eigenvalue weighted by atomic mass is 9.93. The molecule has 0 fully saturated rings. The fraction of sp³-hybridized carbons (Fsp3) is 0.222. The van der Waals surface area contributed by atoms with Crippen molar-refractivity contribution in [3.8, 4) is 0 Å². The minimum absolute atomic E-state index is 0.226. The van der Waals surface area contributed by atoms with Crippen LogP contribution in [0.3, 0.4) is 0 Å². The second kappa shape index (κ2) is 4.58. The van der Waals surface area contributed by atoms with Gasteiger partial charge in [0.1, 0.15) is 0 Å². The van der Waals surface area contributed by atoms with Crippen molar-refractivity contribution in [2.75, 3.05) is 13.2 Å². The average molecular weight is 263 g/mol. The maximum atomic E-state index is 9.19. The molecule has 100 valence electrons. The molecule has 2 heteroatoms. The largest absolute Gasteiger partial charge is 0.395 e. The first-order valence-corrected chi connectivity index (χ1v) is 7.13. The van der Waals surface area contributed by atoms with Crippen molar-refractivity contribution in [1.82, 2.24) is 4.90 Å². The molecule has 0 bridgehead atoms. The molecule has 1 aliphatic heterocycles. The number of hydrogen-bond acceptors (Lipinski definition) is 2. The van der Waals surface area contributed by atoms with Crippen LogP contribution >= 0.6 is 0 Å². The van der Waals surface area contributed by atoms with E-state index in [0.29, 0.717) is 0 Å². The quantitative estimate of drug-likeness (QED) is 0.717. The van der Waals surface area contributed by atoms with Gasteiger partial charge in [0, 0.05) is 19.6 Å². The zero-order valence-electron chi connectivity index (χ0n) is 11.3. The van der Waals surface area contributed by atoms with Crippen LogP contribution in [0.5, 0.6) is 0 Å². The van der Waals surface area contributed by atoms with E-state index in [1.165, 1.54) is 32.7 Å². The van der Waals surface area contributed by atoms with E-state index in [-0.39, 0.29) is 6.61 Å². The number of benzene rings is 3. The lowest BCUT2D eigenvalue weighted by Gasteiger charge is -2.11. The van der Waals surface area contributed by atoms with E-state index in [1.54, 1.807) is 0 Å². The number of aliphatic hydroxyl groups excluding tert-OH is 1. The highest BCUT2D eigenvalue weighted by Crippen LogP contribution is 2.37.